The number of carbonyl (C=O) groups is 3. The molecular weight excluding hydrogens is 402 g/mol. The number of nitrogens with one attached hydrogen (secondary N) is 1. The summed E-state index contributed by atoms with van der Waals surface area (Å²) in [5.74, 6) is -2.68. The number of phenolic OH excluding ortho intramolecular Hbond substituents is 1. The first-order valence-corrected chi connectivity index (χ1v) is 10.5. The van der Waals surface area contributed by atoms with Crippen molar-refractivity contribution in [1.29, 1.82) is 0 Å². The highest BCUT2D eigenvalue weighted by atomic mass is 16.5. The highest BCUT2D eigenvalue weighted by Crippen LogP contribution is 2.58. The molecule has 1 aliphatic carbocycles. The number of phenols is 2. The summed E-state index contributed by atoms with van der Waals surface area (Å²) in [4.78, 5) is 36.9. The van der Waals surface area contributed by atoms with Crippen molar-refractivity contribution in [1.82, 2.24) is 0 Å². The van der Waals surface area contributed by atoms with Gasteiger partial charge in [0.2, 0.25) is 5.91 Å². The van der Waals surface area contributed by atoms with Gasteiger partial charge < -0.3 is 25.4 Å². The number of carboxylic acid groups (broad SMARTS) is 1. The summed E-state index contributed by atoms with van der Waals surface area (Å²) in [6.45, 7) is 3.99. The second-order valence-electron chi connectivity index (χ2n) is 9.34. The Morgan fingerprint density at radius 3 is 2.65 bits per heavy atom. The molecule has 1 amide bonds. The van der Waals surface area contributed by atoms with Crippen LogP contribution in [0.15, 0.2) is 24.3 Å². The van der Waals surface area contributed by atoms with Crippen LogP contribution in [0.3, 0.4) is 0 Å². The van der Waals surface area contributed by atoms with Crippen molar-refractivity contribution in [2.24, 2.45) is 17.3 Å². The Kier molecular flexibility index (Phi) is 5.08. The number of ketones is 1. The van der Waals surface area contributed by atoms with Gasteiger partial charge >= 0.3 is 5.97 Å². The van der Waals surface area contributed by atoms with E-state index in [0.29, 0.717) is 5.92 Å². The van der Waals surface area contributed by atoms with Gasteiger partial charge in [-0.3, -0.25) is 9.59 Å². The number of amides is 1. The van der Waals surface area contributed by atoms with Crippen LogP contribution in [0, 0.1) is 17.3 Å². The van der Waals surface area contributed by atoms with E-state index in [-0.39, 0.29) is 41.9 Å². The van der Waals surface area contributed by atoms with Crippen LogP contribution in [0.2, 0.25) is 0 Å². The highest BCUT2D eigenvalue weighted by molar-refractivity contribution is 6.00. The second kappa shape index (κ2) is 7.37. The number of hydrogen-bond donors (Lipinski definition) is 4. The highest BCUT2D eigenvalue weighted by Gasteiger charge is 2.60. The van der Waals surface area contributed by atoms with Gasteiger partial charge in [0.1, 0.15) is 17.0 Å². The number of anilines is 1. The van der Waals surface area contributed by atoms with Crippen LogP contribution >= 0.6 is 0 Å². The van der Waals surface area contributed by atoms with E-state index in [1.54, 1.807) is 6.08 Å². The first-order chi connectivity index (χ1) is 14.5. The Labute approximate surface area is 179 Å². The predicted molar refractivity (Wildman–Crippen MR) is 111 cm³/mol. The monoisotopic (exact) mass is 429 g/mol. The van der Waals surface area contributed by atoms with E-state index < -0.39 is 34.4 Å². The molecule has 0 spiro atoms. The number of aromatic carboxylic acids is 1. The standard InChI is InChI=1S/C23H27NO7/c1-22(14-11-23(2)12(10-16(14)31-23)4-3-5-17(22)26)9-8-18(27)24-19-15(25)7-6-13(20(19)28)21(29)30/h3,5-7,12,14,16,25,28H,4,8-11H2,1-2H3,(H,24,27)(H,29,30)/b5-3-. The Hall–Kier alpha value is -2.87. The van der Waals surface area contributed by atoms with Gasteiger partial charge in [-0.05, 0) is 56.7 Å². The molecule has 4 rings (SSSR count). The zero-order valence-corrected chi connectivity index (χ0v) is 17.6. The molecule has 3 bridgehead atoms. The minimum atomic E-state index is -1.38. The molecule has 2 fully saturated rings. The van der Waals surface area contributed by atoms with Crippen LogP contribution < -0.4 is 5.32 Å². The maximum atomic E-state index is 13.1. The lowest BCUT2D eigenvalue weighted by atomic mass is 9.62. The molecule has 0 aromatic heterocycles. The van der Waals surface area contributed by atoms with Crippen LogP contribution in [0.25, 0.3) is 0 Å². The van der Waals surface area contributed by atoms with Crippen molar-refractivity contribution in [2.45, 2.75) is 57.7 Å². The van der Waals surface area contributed by atoms with Gasteiger partial charge in [0.25, 0.3) is 0 Å². The van der Waals surface area contributed by atoms with Gasteiger partial charge in [0.05, 0.1) is 11.7 Å². The van der Waals surface area contributed by atoms with Crippen molar-refractivity contribution in [2.75, 3.05) is 5.32 Å². The first kappa shape index (κ1) is 21.4. The van der Waals surface area contributed by atoms with Crippen LogP contribution in [-0.4, -0.2) is 44.7 Å². The summed E-state index contributed by atoms with van der Waals surface area (Å²) >= 11 is 0. The molecule has 2 aliphatic heterocycles. The summed E-state index contributed by atoms with van der Waals surface area (Å²) in [5.41, 5.74) is -1.81. The van der Waals surface area contributed by atoms with Gasteiger partial charge in [-0.2, -0.15) is 0 Å². The second-order valence-corrected chi connectivity index (χ2v) is 9.34. The maximum Gasteiger partial charge on any atom is 0.339 e. The van der Waals surface area contributed by atoms with E-state index in [0.717, 1.165) is 31.4 Å². The summed E-state index contributed by atoms with van der Waals surface area (Å²) in [7, 11) is 0. The average molecular weight is 429 g/mol. The van der Waals surface area contributed by atoms with Gasteiger partial charge in [-0.15, -0.1) is 0 Å². The molecular formula is C23H27NO7. The molecule has 166 valence electrons. The molecule has 8 heteroatoms. The van der Waals surface area contributed by atoms with Crippen molar-refractivity contribution in [3.63, 3.8) is 0 Å². The Balaban J connectivity index is 1.52. The minimum absolute atomic E-state index is 0.00718. The van der Waals surface area contributed by atoms with Crippen LogP contribution in [0.1, 0.15) is 56.3 Å². The largest absolute Gasteiger partial charge is 0.506 e. The lowest BCUT2D eigenvalue weighted by Gasteiger charge is -2.39. The van der Waals surface area contributed by atoms with E-state index >= 15 is 0 Å². The molecule has 4 N–H and O–H groups in total. The van der Waals surface area contributed by atoms with Crippen molar-refractivity contribution in [3.05, 3.63) is 29.8 Å². The Morgan fingerprint density at radius 1 is 1.26 bits per heavy atom. The topological polar surface area (TPSA) is 133 Å². The van der Waals surface area contributed by atoms with E-state index in [2.05, 4.69) is 12.2 Å². The predicted octanol–water partition coefficient (Wildman–Crippen LogP) is 3.23. The number of benzene rings is 1. The molecule has 8 nitrogen and oxygen atoms in total. The summed E-state index contributed by atoms with van der Waals surface area (Å²) in [5, 5.41) is 31.6. The minimum Gasteiger partial charge on any atom is -0.506 e. The number of aromatic hydroxyl groups is 2. The molecule has 5 atom stereocenters. The third kappa shape index (κ3) is 3.48. The van der Waals surface area contributed by atoms with Crippen molar-refractivity contribution < 1.29 is 34.4 Å². The van der Waals surface area contributed by atoms with E-state index in [4.69, 9.17) is 9.84 Å². The molecule has 5 unspecified atom stereocenters. The third-order valence-electron chi connectivity index (χ3n) is 7.47. The Bertz CT molecular complexity index is 986. The molecule has 2 heterocycles. The fourth-order valence-electron chi connectivity index (χ4n) is 5.50. The number of carboxylic acids is 1. The van der Waals surface area contributed by atoms with Gasteiger partial charge in [0.15, 0.2) is 11.5 Å². The first-order valence-electron chi connectivity index (χ1n) is 10.5. The average Bonchev–Trinajstić information content (AvgIpc) is 3.22. The summed E-state index contributed by atoms with van der Waals surface area (Å²) in [6.07, 6.45) is 6.26. The van der Waals surface area contributed by atoms with E-state index in [1.807, 2.05) is 13.0 Å². The normalized spacial score (nSPS) is 34.8. The zero-order valence-electron chi connectivity index (χ0n) is 17.6. The fourth-order valence-corrected chi connectivity index (χ4v) is 5.50. The van der Waals surface area contributed by atoms with Gasteiger partial charge in [0, 0.05) is 17.8 Å². The molecule has 31 heavy (non-hydrogen) atoms. The quantitative estimate of drug-likeness (QED) is 0.528. The molecule has 1 aromatic carbocycles. The molecule has 3 aliphatic rings. The SMILES string of the molecule is CC12CC3C(CC1C/C=C\C(=O)C3(C)CCC(=O)Nc1c(O)ccc(C(=O)O)c1O)O2. The van der Waals surface area contributed by atoms with Crippen LogP contribution in [0.4, 0.5) is 5.69 Å². The lowest BCUT2D eigenvalue weighted by molar-refractivity contribution is -0.128. The van der Waals surface area contributed by atoms with Crippen molar-refractivity contribution >= 4 is 23.3 Å². The molecule has 1 aromatic rings. The van der Waals surface area contributed by atoms with Gasteiger partial charge in [-0.25, -0.2) is 4.79 Å². The molecule has 0 radical (unpaired) electrons. The number of allylic oxidation sites excluding steroid dienone is 2. The van der Waals surface area contributed by atoms with Gasteiger partial charge in [-0.1, -0.05) is 13.0 Å². The number of fused-ring (bicyclic) bond motifs is 3. The number of rotatable bonds is 5. The van der Waals surface area contributed by atoms with Crippen LogP contribution in [-0.2, 0) is 14.3 Å². The lowest BCUT2D eigenvalue weighted by Crippen LogP contribution is -2.43. The number of carbonyl (C=O) groups excluding carboxylic acids is 2. The molecule has 0 saturated carbocycles. The summed E-state index contributed by atoms with van der Waals surface area (Å²) < 4.78 is 6.27. The van der Waals surface area contributed by atoms with Crippen molar-refractivity contribution in [3.8, 4) is 11.5 Å². The van der Waals surface area contributed by atoms with E-state index in [9.17, 15) is 24.6 Å². The summed E-state index contributed by atoms with van der Waals surface area (Å²) in [6, 6.07) is 2.14. The number of ether oxygens (including phenoxy) is 1. The van der Waals surface area contributed by atoms with Crippen LogP contribution in [0.5, 0.6) is 11.5 Å². The Morgan fingerprint density at radius 2 is 2.00 bits per heavy atom. The zero-order chi connectivity index (χ0) is 22.6. The smallest absolute Gasteiger partial charge is 0.339 e. The molecule has 2 saturated heterocycles. The van der Waals surface area contributed by atoms with E-state index in [1.165, 1.54) is 0 Å². The third-order valence-corrected chi connectivity index (χ3v) is 7.47. The maximum absolute atomic E-state index is 13.1. The number of hydrogen-bond acceptors (Lipinski definition) is 6. The fraction of sp³-hybridized carbons (Fsp3) is 0.522.